The molecular weight excluding hydrogens is 398 g/mol. The smallest absolute Gasteiger partial charge is 0.306 e. The van der Waals surface area contributed by atoms with Gasteiger partial charge in [0.1, 0.15) is 0 Å². The molecule has 0 spiro atoms. The molecule has 0 fully saturated rings. The zero-order chi connectivity index (χ0) is 21.1. The highest BCUT2D eigenvalue weighted by molar-refractivity contribution is 6.31. The van der Waals surface area contributed by atoms with Crippen molar-refractivity contribution in [3.05, 3.63) is 64.1 Å². The molecule has 2 aromatic heterocycles. The second kappa shape index (κ2) is 9.19. The summed E-state index contributed by atoms with van der Waals surface area (Å²) in [4.78, 5) is 16.7. The normalized spacial score (nSPS) is 14.9. The summed E-state index contributed by atoms with van der Waals surface area (Å²) < 4.78 is 7.70. The maximum absolute atomic E-state index is 12.4. The zero-order valence-electron chi connectivity index (χ0n) is 17.6. The number of fused-ring (bicyclic) bond motifs is 3. The first-order valence-electron chi connectivity index (χ1n) is 10.6. The molecule has 1 aliphatic rings. The van der Waals surface area contributed by atoms with Gasteiger partial charge in [-0.15, -0.1) is 0 Å². The van der Waals surface area contributed by atoms with Crippen LogP contribution < -0.4 is 5.32 Å². The topological polar surface area (TPSA) is 56.1 Å². The number of aryl methyl sites for hydroxylation is 1. The Morgan fingerprint density at radius 2 is 2.13 bits per heavy atom. The third kappa shape index (κ3) is 4.23. The molecule has 1 aliphatic heterocycles. The molecule has 158 valence electrons. The average molecular weight is 426 g/mol. The summed E-state index contributed by atoms with van der Waals surface area (Å²) in [5, 5.41) is 5.48. The average Bonchev–Trinajstić information content (AvgIpc) is 2.87. The Balaban J connectivity index is 1.80. The number of hydrogen-bond donors (Lipinski definition) is 1. The lowest BCUT2D eigenvalue weighted by molar-refractivity contribution is -0.143. The number of nitrogens with zero attached hydrogens (tertiary/aromatic N) is 2. The van der Waals surface area contributed by atoms with Gasteiger partial charge in [-0.3, -0.25) is 9.78 Å². The molecule has 0 saturated heterocycles. The molecule has 0 radical (unpaired) electrons. The summed E-state index contributed by atoms with van der Waals surface area (Å²) in [7, 11) is 0. The third-order valence-electron chi connectivity index (χ3n) is 5.96. The summed E-state index contributed by atoms with van der Waals surface area (Å²) >= 11 is 6.34. The van der Waals surface area contributed by atoms with Crippen LogP contribution in [-0.4, -0.2) is 35.2 Å². The Morgan fingerprint density at radius 3 is 2.93 bits per heavy atom. The van der Waals surface area contributed by atoms with Crippen LogP contribution in [-0.2, 0) is 28.9 Å². The van der Waals surface area contributed by atoms with Crippen LogP contribution in [0.15, 0.2) is 36.7 Å². The largest absolute Gasteiger partial charge is 0.466 e. The zero-order valence-corrected chi connectivity index (χ0v) is 18.3. The fraction of sp³-hybridized carbons (Fsp3) is 0.417. The number of esters is 1. The van der Waals surface area contributed by atoms with Crippen LogP contribution in [0.4, 0.5) is 0 Å². The summed E-state index contributed by atoms with van der Waals surface area (Å²) in [6, 6.07) is 8.17. The molecule has 30 heavy (non-hydrogen) atoms. The molecule has 0 amide bonds. The van der Waals surface area contributed by atoms with Crippen molar-refractivity contribution in [1.29, 1.82) is 0 Å². The minimum Gasteiger partial charge on any atom is -0.466 e. The van der Waals surface area contributed by atoms with Gasteiger partial charge in [0.15, 0.2) is 0 Å². The number of carbonyl (C=O) groups is 1. The van der Waals surface area contributed by atoms with E-state index in [1.54, 1.807) is 6.20 Å². The van der Waals surface area contributed by atoms with E-state index in [0.29, 0.717) is 13.0 Å². The Kier molecular flexibility index (Phi) is 6.40. The molecule has 1 unspecified atom stereocenters. The third-order valence-corrected chi connectivity index (χ3v) is 6.20. The van der Waals surface area contributed by atoms with E-state index in [1.807, 2.05) is 25.3 Å². The van der Waals surface area contributed by atoms with E-state index < -0.39 is 0 Å². The number of carbonyl (C=O) groups excluding carboxylic acids is 1. The van der Waals surface area contributed by atoms with Gasteiger partial charge in [0, 0.05) is 59.4 Å². The van der Waals surface area contributed by atoms with Gasteiger partial charge in [-0.05, 0) is 67.8 Å². The van der Waals surface area contributed by atoms with Crippen molar-refractivity contribution in [2.24, 2.45) is 0 Å². The van der Waals surface area contributed by atoms with Gasteiger partial charge < -0.3 is 14.6 Å². The molecule has 1 aromatic carbocycles. The van der Waals surface area contributed by atoms with E-state index in [2.05, 4.69) is 33.9 Å². The molecule has 5 nitrogen and oxygen atoms in total. The second-order valence-corrected chi connectivity index (χ2v) is 8.32. The van der Waals surface area contributed by atoms with E-state index in [9.17, 15) is 4.79 Å². The van der Waals surface area contributed by atoms with Crippen LogP contribution in [0.5, 0.6) is 0 Å². The van der Waals surface area contributed by atoms with Crippen molar-refractivity contribution in [3.63, 3.8) is 0 Å². The van der Waals surface area contributed by atoms with Crippen LogP contribution in [0.2, 0.25) is 5.02 Å². The lowest BCUT2D eigenvalue weighted by Crippen LogP contribution is -2.19. The standard InChI is InChI=1S/C24H28ClN3O2/c1-3-30-24(29)12-17(19-6-10-27-14-16(19)2)15-28-22-5-4-18(25)13-21(22)20-7-9-26-11-8-23(20)28/h4-6,10,13-14,17,26H,3,7-9,11-12,15H2,1-2H3. The van der Waals surface area contributed by atoms with Crippen molar-refractivity contribution >= 4 is 28.5 Å². The molecule has 1 atom stereocenters. The van der Waals surface area contributed by atoms with Crippen LogP contribution >= 0.6 is 11.6 Å². The maximum atomic E-state index is 12.4. The van der Waals surface area contributed by atoms with Gasteiger partial charge in [-0.2, -0.15) is 0 Å². The minimum atomic E-state index is -0.161. The first-order chi connectivity index (χ1) is 14.6. The summed E-state index contributed by atoms with van der Waals surface area (Å²) in [6.07, 6.45) is 5.96. The van der Waals surface area contributed by atoms with Crippen LogP contribution in [0.1, 0.15) is 41.6 Å². The highest BCUT2D eigenvalue weighted by Crippen LogP contribution is 2.34. The van der Waals surface area contributed by atoms with E-state index in [0.717, 1.165) is 48.6 Å². The van der Waals surface area contributed by atoms with Crippen molar-refractivity contribution in [1.82, 2.24) is 14.9 Å². The molecule has 3 heterocycles. The number of nitrogens with one attached hydrogen (secondary N) is 1. The number of halogens is 1. The van der Waals surface area contributed by atoms with Crippen LogP contribution in [0, 0.1) is 6.92 Å². The first-order valence-corrected chi connectivity index (χ1v) is 11.0. The highest BCUT2D eigenvalue weighted by atomic mass is 35.5. The van der Waals surface area contributed by atoms with Gasteiger partial charge in [0.05, 0.1) is 13.0 Å². The van der Waals surface area contributed by atoms with Gasteiger partial charge in [0.2, 0.25) is 0 Å². The van der Waals surface area contributed by atoms with Gasteiger partial charge in [-0.25, -0.2) is 0 Å². The van der Waals surface area contributed by atoms with Crippen molar-refractivity contribution in [2.45, 2.75) is 45.6 Å². The SMILES string of the molecule is CCOC(=O)CC(Cn1c2c(c3cc(Cl)ccc31)CCNCC2)c1ccncc1C. The minimum absolute atomic E-state index is 0.0126. The molecule has 0 saturated carbocycles. The highest BCUT2D eigenvalue weighted by Gasteiger charge is 2.24. The van der Waals surface area contributed by atoms with E-state index in [1.165, 1.54) is 22.2 Å². The molecule has 4 rings (SSSR count). The lowest BCUT2D eigenvalue weighted by atomic mass is 9.93. The molecule has 3 aromatic rings. The Bertz CT molecular complexity index is 1060. The Morgan fingerprint density at radius 1 is 1.30 bits per heavy atom. The Labute approximate surface area is 182 Å². The second-order valence-electron chi connectivity index (χ2n) is 7.89. The summed E-state index contributed by atoms with van der Waals surface area (Å²) in [5.74, 6) is -0.149. The summed E-state index contributed by atoms with van der Waals surface area (Å²) in [5.41, 5.74) is 6.15. The Hall–Kier alpha value is -2.37. The van der Waals surface area contributed by atoms with Crippen LogP contribution in [0.25, 0.3) is 10.9 Å². The molecule has 6 heteroatoms. The van der Waals surface area contributed by atoms with E-state index in [4.69, 9.17) is 16.3 Å². The van der Waals surface area contributed by atoms with Crippen LogP contribution in [0.3, 0.4) is 0 Å². The van der Waals surface area contributed by atoms with Gasteiger partial charge in [0.25, 0.3) is 0 Å². The fourth-order valence-electron chi connectivity index (χ4n) is 4.62. The number of rotatable bonds is 6. The number of aromatic nitrogens is 2. The van der Waals surface area contributed by atoms with Gasteiger partial charge in [-0.1, -0.05) is 11.6 Å². The first kappa shape index (κ1) is 20.9. The predicted octanol–water partition coefficient (Wildman–Crippen LogP) is 4.42. The fourth-order valence-corrected chi connectivity index (χ4v) is 4.80. The predicted molar refractivity (Wildman–Crippen MR) is 120 cm³/mol. The monoisotopic (exact) mass is 425 g/mol. The molecule has 1 N–H and O–H groups in total. The van der Waals surface area contributed by atoms with Crippen molar-refractivity contribution < 1.29 is 9.53 Å². The van der Waals surface area contributed by atoms with Crippen molar-refractivity contribution in [3.8, 4) is 0 Å². The van der Waals surface area contributed by atoms with E-state index in [-0.39, 0.29) is 11.9 Å². The number of ether oxygens (including phenoxy) is 1. The maximum Gasteiger partial charge on any atom is 0.306 e. The quantitative estimate of drug-likeness (QED) is 0.594. The number of benzene rings is 1. The van der Waals surface area contributed by atoms with Gasteiger partial charge >= 0.3 is 5.97 Å². The number of hydrogen-bond acceptors (Lipinski definition) is 4. The summed E-state index contributed by atoms with van der Waals surface area (Å²) in [6.45, 7) is 6.94. The van der Waals surface area contributed by atoms with E-state index >= 15 is 0 Å². The molecule has 0 bridgehead atoms. The number of pyridine rings is 1. The lowest BCUT2D eigenvalue weighted by Gasteiger charge is -2.22. The molecule has 0 aliphatic carbocycles. The van der Waals surface area contributed by atoms with Crippen molar-refractivity contribution in [2.75, 3.05) is 19.7 Å². The molecular formula is C24H28ClN3O2.